The van der Waals surface area contributed by atoms with Crippen LogP contribution in [0.4, 0.5) is 5.69 Å². The summed E-state index contributed by atoms with van der Waals surface area (Å²) in [5.74, 6) is 0. The van der Waals surface area contributed by atoms with Crippen LogP contribution in [0.1, 0.15) is 25.8 Å². The molecular formula is C13H21NO. The molecule has 0 saturated carbocycles. The summed E-state index contributed by atoms with van der Waals surface area (Å²) in [6, 6.07) is 8.58. The lowest BCUT2D eigenvalue weighted by atomic mass is 10.1. The topological polar surface area (TPSA) is 21.3 Å². The van der Waals surface area contributed by atoms with Crippen molar-refractivity contribution < 1.29 is 4.74 Å². The number of aryl methyl sites for hydroxylation is 1. The molecule has 0 heterocycles. The minimum absolute atomic E-state index is 0.811. The van der Waals surface area contributed by atoms with E-state index in [4.69, 9.17) is 4.74 Å². The molecule has 0 fully saturated rings. The van der Waals surface area contributed by atoms with Crippen LogP contribution in [0.25, 0.3) is 0 Å². The third-order valence-corrected chi connectivity index (χ3v) is 2.33. The summed E-state index contributed by atoms with van der Waals surface area (Å²) in [4.78, 5) is 0. The minimum atomic E-state index is 0.811. The molecule has 0 saturated heterocycles. The zero-order valence-electron chi connectivity index (χ0n) is 9.75. The van der Waals surface area contributed by atoms with Crippen LogP contribution >= 0.6 is 0 Å². The Morgan fingerprint density at radius 1 is 1.27 bits per heavy atom. The summed E-state index contributed by atoms with van der Waals surface area (Å²) < 4.78 is 5.28. The van der Waals surface area contributed by atoms with Gasteiger partial charge in [0.1, 0.15) is 0 Å². The first kappa shape index (κ1) is 12.1. The molecule has 84 valence electrons. The highest BCUT2D eigenvalue weighted by molar-refractivity contribution is 5.45. The monoisotopic (exact) mass is 207 g/mol. The molecule has 0 aromatic heterocycles. The van der Waals surface area contributed by atoms with Gasteiger partial charge in [0.05, 0.1) is 0 Å². The highest BCUT2D eigenvalue weighted by atomic mass is 16.5. The number of nitrogens with one attached hydrogen (secondary N) is 1. The van der Waals surface area contributed by atoms with E-state index in [-0.39, 0.29) is 0 Å². The van der Waals surface area contributed by atoms with E-state index in [2.05, 4.69) is 36.5 Å². The van der Waals surface area contributed by atoms with Gasteiger partial charge in [-0.25, -0.2) is 0 Å². The van der Waals surface area contributed by atoms with Gasteiger partial charge in [0, 0.05) is 25.4 Å². The second-order valence-corrected chi connectivity index (χ2v) is 3.53. The van der Waals surface area contributed by atoms with Crippen molar-refractivity contribution in [1.82, 2.24) is 0 Å². The van der Waals surface area contributed by atoms with Gasteiger partial charge in [-0.05, 0) is 37.5 Å². The maximum Gasteiger partial charge on any atom is 0.0482 e. The van der Waals surface area contributed by atoms with Gasteiger partial charge in [0.2, 0.25) is 0 Å². The summed E-state index contributed by atoms with van der Waals surface area (Å²) in [6.45, 7) is 6.84. The number of hydrogen-bond acceptors (Lipinski definition) is 2. The Kier molecular flexibility index (Phi) is 5.86. The van der Waals surface area contributed by atoms with Crippen molar-refractivity contribution in [3.8, 4) is 0 Å². The van der Waals surface area contributed by atoms with Crippen molar-refractivity contribution >= 4 is 5.69 Å². The van der Waals surface area contributed by atoms with Crippen molar-refractivity contribution in [2.75, 3.05) is 25.1 Å². The Morgan fingerprint density at radius 2 is 2.13 bits per heavy atom. The summed E-state index contributed by atoms with van der Waals surface area (Å²) in [7, 11) is 0. The van der Waals surface area contributed by atoms with Crippen LogP contribution in [0.15, 0.2) is 24.3 Å². The standard InChI is InChI=1S/C13H21NO/c1-3-12-7-5-8-13(11-12)14-9-6-10-15-4-2/h5,7-8,11,14H,3-4,6,9-10H2,1-2H3. The number of ether oxygens (including phenoxy) is 1. The largest absolute Gasteiger partial charge is 0.385 e. The molecule has 15 heavy (non-hydrogen) atoms. The van der Waals surface area contributed by atoms with Crippen LogP contribution in [0.2, 0.25) is 0 Å². The number of anilines is 1. The first-order valence-electron chi connectivity index (χ1n) is 5.77. The molecule has 2 heteroatoms. The molecule has 0 atom stereocenters. The fourth-order valence-electron chi connectivity index (χ4n) is 1.45. The molecule has 0 unspecified atom stereocenters. The maximum atomic E-state index is 5.28. The van der Waals surface area contributed by atoms with Crippen molar-refractivity contribution in [2.24, 2.45) is 0 Å². The van der Waals surface area contributed by atoms with Crippen molar-refractivity contribution in [2.45, 2.75) is 26.7 Å². The lowest BCUT2D eigenvalue weighted by Gasteiger charge is -2.07. The van der Waals surface area contributed by atoms with E-state index in [9.17, 15) is 0 Å². The fourth-order valence-corrected chi connectivity index (χ4v) is 1.45. The van der Waals surface area contributed by atoms with Gasteiger partial charge in [0.25, 0.3) is 0 Å². The summed E-state index contributed by atoms with van der Waals surface area (Å²) in [5, 5.41) is 3.40. The zero-order chi connectivity index (χ0) is 10.9. The minimum Gasteiger partial charge on any atom is -0.385 e. The van der Waals surface area contributed by atoms with E-state index in [1.165, 1.54) is 11.3 Å². The van der Waals surface area contributed by atoms with E-state index in [0.717, 1.165) is 32.6 Å². The zero-order valence-corrected chi connectivity index (χ0v) is 9.75. The number of hydrogen-bond donors (Lipinski definition) is 1. The average Bonchev–Trinajstić information content (AvgIpc) is 2.29. The quantitative estimate of drug-likeness (QED) is 0.694. The Hall–Kier alpha value is -1.02. The maximum absolute atomic E-state index is 5.28. The van der Waals surface area contributed by atoms with E-state index in [1.54, 1.807) is 0 Å². The highest BCUT2D eigenvalue weighted by Gasteiger charge is 1.93. The second kappa shape index (κ2) is 7.30. The van der Waals surface area contributed by atoms with E-state index < -0.39 is 0 Å². The van der Waals surface area contributed by atoms with Gasteiger partial charge >= 0.3 is 0 Å². The molecule has 0 spiro atoms. The predicted octanol–water partition coefficient (Wildman–Crippen LogP) is 3.09. The van der Waals surface area contributed by atoms with Crippen LogP contribution in [0.5, 0.6) is 0 Å². The molecule has 0 bridgehead atoms. The first-order valence-corrected chi connectivity index (χ1v) is 5.77. The molecule has 0 aliphatic heterocycles. The van der Waals surface area contributed by atoms with Crippen molar-refractivity contribution in [3.05, 3.63) is 29.8 Å². The Bertz CT molecular complexity index is 273. The molecule has 1 N–H and O–H groups in total. The molecule has 0 aliphatic carbocycles. The molecule has 1 aromatic carbocycles. The second-order valence-electron chi connectivity index (χ2n) is 3.53. The van der Waals surface area contributed by atoms with Crippen LogP contribution in [0.3, 0.4) is 0 Å². The fraction of sp³-hybridized carbons (Fsp3) is 0.538. The lowest BCUT2D eigenvalue weighted by molar-refractivity contribution is 0.147. The molecule has 1 rings (SSSR count). The molecule has 0 aliphatic rings. The number of benzene rings is 1. The van der Waals surface area contributed by atoms with Gasteiger partial charge in [-0.3, -0.25) is 0 Å². The molecular weight excluding hydrogens is 186 g/mol. The van der Waals surface area contributed by atoms with Gasteiger partial charge in [-0.1, -0.05) is 19.1 Å². The van der Waals surface area contributed by atoms with Crippen LogP contribution in [-0.4, -0.2) is 19.8 Å². The Balaban J connectivity index is 2.24. The molecule has 0 amide bonds. The molecule has 0 radical (unpaired) electrons. The third-order valence-electron chi connectivity index (χ3n) is 2.33. The Morgan fingerprint density at radius 3 is 2.87 bits per heavy atom. The average molecular weight is 207 g/mol. The van der Waals surface area contributed by atoms with Gasteiger partial charge < -0.3 is 10.1 Å². The summed E-state index contributed by atoms with van der Waals surface area (Å²) in [5.41, 5.74) is 2.59. The smallest absolute Gasteiger partial charge is 0.0482 e. The lowest BCUT2D eigenvalue weighted by Crippen LogP contribution is -2.05. The summed E-state index contributed by atoms with van der Waals surface area (Å²) >= 11 is 0. The molecule has 1 aromatic rings. The Labute approximate surface area is 92.6 Å². The SMILES string of the molecule is CCOCCCNc1cccc(CC)c1. The van der Waals surface area contributed by atoms with Gasteiger partial charge in [-0.15, -0.1) is 0 Å². The van der Waals surface area contributed by atoms with Crippen LogP contribution < -0.4 is 5.32 Å². The van der Waals surface area contributed by atoms with Crippen molar-refractivity contribution in [3.63, 3.8) is 0 Å². The third kappa shape index (κ3) is 4.84. The predicted molar refractivity (Wildman–Crippen MR) is 65.4 cm³/mol. The van der Waals surface area contributed by atoms with E-state index in [0.29, 0.717) is 0 Å². The van der Waals surface area contributed by atoms with Crippen LogP contribution in [-0.2, 0) is 11.2 Å². The normalized spacial score (nSPS) is 10.3. The molecule has 2 nitrogen and oxygen atoms in total. The van der Waals surface area contributed by atoms with E-state index >= 15 is 0 Å². The van der Waals surface area contributed by atoms with Crippen LogP contribution in [0, 0.1) is 0 Å². The van der Waals surface area contributed by atoms with Gasteiger partial charge in [0.15, 0.2) is 0 Å². The first-order chi connectivity index (χ1) is 7.36. The summed E-state index contributed by atoms with van der Waals surface area (Å²) in [6.07, 6.45) is 2.15. The highest BCUT2D eigenvalue weighted by Crippen LogP contribution is 2.10. The number of rotatable bonds is 7. The van der Waals surface area contributed by atoms with E-state index in [1.807, 2.05) is 6.92 Å². The van der Waals surface area contributed by atoms with Gasteiger partial charge in [-0.2, -0.15) is 0 Å². The van der Waals surface area contributed by atoms with Crippen molar-refractivity contribution in [1.29, 1.82) is 0 Å².